The quantitative estimate of drug-likeness (QED) is 0.545. The number of carbonyl (C=O) groups is 1. The Morgan fingerprint density at radius 2 is 1.87 bits per heavy atom. The van der Waals surface area contributed by atoms with Crippen LogP contribution < -0.4 is 20.3 Å². The van der Waals surface area contributed by atoms with Gasteiger partial charge >= 0.3 is 0 Å². The molecule has 0 radical (unpaired) electrons. The van der Waals surface area contributed by atoms with Crippen LogP contribution in [0.25, 0.3) is 11.3 Å². The summed E-state index contributed by atoms with van der Waals surface area (Å²) in [7, 11) is 3.16. The van der Waals surface area contributed by atoms with Gasteiger partial charge in [0.15, 0.2) is 11.5 Å². The molecule has 0 aliphatic carbocycles. The summed E-state index contributed by atoms with van der Waals surface area (Å²) < 4.78 is 12.6. The first kappa shape index (κ1) is 21.6. The number of benzene rings is 2. The molecule has 3 aromatic rings. The lowest BCUT2D eigenvalue weighted by atomic mass is 10.1. The van der Waals surface area contributed by atoms with Gasteiger partial charge < -0.3 is 14.8 Å². The van der Waals surface area contributed by atoms with Crippen molar-refractivity contribution in [2.75, 3.05) is 20.8 Å². The van der Waals surface area contributed by atoms with E-state index in [-0.39, 0.29) is 18.0 Å². The summed E-state index contributed by atoms with van der Waals surface area (Å²) in [4.78, 5) is 24.4. The van der Waals surface area contributed by atoms with E-state index in [1.807, 2.05) is 42.5 Å². The second kappa shape index (κ2) is 10.1. The Kier molecular flexibility index (Phi) is 7.24. The molecule has 0 aliphatic heterocycles. The Bertz CT molecular complexity index is 1100. The Labute approximate surface area is 182 Å². The van der Waals surface area contributed by atoms with Crippen molar-refractivity contribution in [2.24, 2.45) is 0 Å². The molecule has 30 heavy (non-hydrogen) atoms. The molecular formula is C22H22BrN3O4. The number of hydrogen-bond acceptors (Lipinski definition) is 5. The zero-order chi connectivity index (χ0) is 21.5. The predicted octanol–water partition coefficient (Wildman–Crippen LogP) is 3.05. The largest absolute Gasteiger partial charge is 0.493 e. The first-order valence-electron chi connectivity index (χ1n) is 9.32. The number of rotatable bonds is 8. The Morgan fingerprint density at radius 3 is 2.60 bits per heavy atom. The van der Waals surface area contributed by atoms with Crippen molar-refractivity contribution in [1.82, 2.24) is 15.1 Å². The number of nitrogens with zero attached hydrogens (tertiary/aromatic N) is 2. The lowest BCUT2D eigenvalue weighted by molar-refractivity contribution is -0.121. The van der Waals surface area contributed by atoms with Crippen LogP contribution in [0.1, 0.15) is 5.56 Å². The van der Waals surface area contributed by atoms with Crippen LogP contribution in [-0.2, 0) is 17.8 Å². The van der Waals surface area contributed by atoms with Gasteiger partial charge in [0.05, 0.1) is 19.9 Å². The number of hydrogen-bond donors (Lipinski definition) is 1. The number of nitrogens with one attached hydrogen (secondary N) is 1. The molecule has 0 bridgehead atoms. The van der Waals surface area contributed by atoms with Crippen molar-refractivity contribution >= 4 is 21.8 Å². The van der Waals surface area contributed by atoms with Crippen LogP contribution in [0, 0.1) is 0 Å². The van der Waals surface area contributed by atoms with Crippen LogP contribution in [0.4, 0.5) is 0 Å². The normalized spacial score (nSPS) is 10.5. The van der Waals surface area contributed by atoms with Crippen LogP contribution in [0.5, 0.6) is 11.5 Å². The molecule has 0 saturated heterocycles. The van der Waals surface area contributed by atoms with E-state index in [2.05, 4.69) is 26.3 Å². The highest BCUT2D eigenvalue weighted by molar-refractivity contribution is 9.10. The van der Waals surface area contributed by atoms with Gasteiger partial charge in [-0.25, -0.2) is 4.68 Å². The van der Waals surface area contributed by atoms with Crippen LogP contribution in [0.15, 0.2) is 63.9 Å². The second-order valence-electron chi connectivity index (χ2n) is 6.51. The van der Waals surface area contributed by atoms with Gasteiger partial charge in [0.25, 0.3) is 5.56 Å². The fraction of sp³-hybridized carbons (Fsp3) is 0.227. The average Bonchev–Trinajstić information content (AvgIpc) is 2.75. The average molecular weight is 472 g/mol. The molecule has 0 fully saturated rings. The molecule has 8 heteroatoms. The van der Waals surface area contributed by atoms with E-state index in [1.165, 1.54) is 10.7 Å². The van der Waals surface area contributed by atoms with Crippen LogP contribution in [0.2, 0.25) is 0 Å². The molecule has 1 N–H and O–H groups in total. The van der Waals surface area contributed by atoms with Crippen LogP contribution >= 0.6 is 15.9 Å². The molecule has 0 aliphatic rings. The van der Waals surface area contributed by atoms with Gasteiger partial charge in [-0.1, -0.05) is 34.1 Å². The van der Waals surface area contributed by atoms with E-state index >= 15 is 0 Å². The number of aromatic nitrogens is 2. The Hall–Kier alpha value is -3.13. The maximum atomic E-state index is 12.3. The third-order valence-corrected chi connectivity index (χ3v) is 4.96. The number of halogens is 1. The molecule has 0 spiro atoms. The minimum atomic E-state index is -0.330. The van der Waals surface area contributed by atoms with E-state index in [4.69, 9.17) is 9.47 Å². The highest BCUT2D eigenvalue weighted by Gasteiger charge is 2.09. The highest BCUT2D eigenvalue weighted by atomic mass is 79.9. The molecular weight excluding hydrogens is 450 g/mol. The van der Waals surface area contributed by atoms with Gasteiger partial charge in [-0.2, -0.15) is 5.10 Å². The molecule has 0 saturated carbocycles. The lowest BCUT2D eigenvalue weighted by Gasteiger charge is -2.11. The maximum Gasteiger partial charge on any atom is 0.267 e. The van der Waals surface area contributed by atoms with Crippen LogP contribution in [0.3, 0.4) is 0 Å². The summed E-state index contributed by atoms with van der Waals surface area (Å²) in [5.41, 5.74) is 2.14. The summed E-state index contributed by atoms with van der Waals surface area (Å²) in [6, 6.07) is 16.3. The maximum absolute atomic E-state index is 12.3. The van der Waals surface area contributed by atoms with Crippen molar-refractivity contribution in [2.45, 2.75) is 13.0 Å². The number of ether oxygens (including phenoxy) is 2. The third kappa shape index (κ3) is 5.48. The zero-order valence-corrected chi connectivity index (χ0v) is 18.3. The minimum Gasteiger partial charge on any atom is -0.493 e. The lowest BCUT2D eigenvalue weighted by Crippen LogP contribution is -2.34. The Balaban J connectivity index is 1.61. The van der Waals surface area contributed by atoms with Crippen molar-refractivity contribution in [3.8, 4) is 22.8 Å². The molecule has 0 unspecified atom stereocenters. The molecule has 1 aromatic heterocycles. The summed E-state index contributed by atoms with van der Waals surface area (Å²) in [5.74, 6) is 1.01. The third-order valence-electron chi connectivity index (χ3n) is 4.46. The van der Waals surface area contributed by atoms with Gasteiger partial charge in [0, 0.05) is 22.6 Å². The Morgan fingerprint density at radius 1 is 1.07 bits per heavy atom. The second-order valence-corrected chi connectivity index (χ2v) is 7.43. The summed E-state index contributed by atoms with van der Waals surface area (Å²) >= 11 is 3.42. The fourth-order valence-electron chi connectivity index (χ4n) is 2.94. The molecule has 0 atom stereocenters. The summed E-state index contributed by atoms with van der Waals surface area (Å²) in [5, 5.41) is 7.15. The topological polar surface area (TPSA) is 82.5 Å². The smallest absolute Gasteiger partial charge is 0.267 e. The monoisotopic (exact) mass is 471 g/mol. The zero-order valence-electron chi connectivity index (χ0n) is 16.7. The van der Waals surface area contributed by atoms with E-state index in [0.29, 0.717) is 30.2 Å². The van der Waals surface area contributed by atoms with E-state index in [0.717, 1.165) is 15.6 Å². The number of methoxy groups -OCH3 is 2. The standard InChI is InChI=1S/C22H22BrN3O4/c1-29-19-8-6-15(12-20(19)30-2)10-11-24-21(27)14-26-22(28)9-7-18(25-26)16-4-3-5-17(23)13-16/h3-9,12-13H,10-11,14H2,1-2H3,(H,24,27). The molecule has 3 rings (SSSR count). The van der Waals surface area contributed by atoms with E-state index in [1.54, 1.807) is 20.3 Å². The molecule has 1 heterocycles. The number of carbonyl (C=O) groups excluding carboxylic acids is 1. The fourth-order valence-corrected chi connectivity index (χ4v) is 3.34. The first-order valence-corrected chi connectivity index (χ1v) is 10.1. The van der Waals surface area contributed by atoms with E-state index in [9.17, 15) is 9.59 Å². The van der Waals surface area contributed by atoms with Crippen molar-refractivity contribution in [3.05, 3.63) is 75.0 Å². The van der Waals surface area contributed by atoms with Gasteiger partial charge in [0.1, 0.15) is 6.54 Å². The van der Waals surface area contributed by atoms with Gasteiger partial charge in [-0.15, -0.1) is 0 Å². The van der Waals surface area contributed by atoms with Crippen LogP contribution in [-0.4, -0.2) is 36.5 Å². The molecule has 2 aromatic carbocycles. The molecule has 1 amide bonds. The molecule has 7 nitrogen and oxygen atoms in total. The molecule has 156 valence electrons. The van der Waals surface area contributed by atoms with Gasteiger partial charge in [-0.05, 0) is 42.3 Å². The van der Waals surface area contributed by atoms with Gasteiger partial charge in [0.2, 0.25) is 5.91 Å². The van der Waals surface area contributed by atoms with Crippen molar-refractivity contribution in [1.29, 1.82) is 0 Å². The SMILES string of the molecule is COc1ccc(CCNC(=O)Cn2nc(-c3cccc(Br)c3)ccc2=O)cc1OC. The van der Waals surface area contributed by atoms with Crippen molar-refractivity contribution < 1.29 is 14.3 Å². The number of amides is 1. The summed E-state index contributed by atoms with van der Waals surface area (Å²) in [6.45, 7) is 0.279. The first-order chi connectivity index (χ1) is 14.5. The summed E-state index contributed by atoms with van der Waals surface area (Å²) in [6.07, 6.45) is 0.618. The minimum absolute atomic E-state index is 0.146. The predicted molar refractivity (Wildman–Crippen MR) is 118 cm³/mol. The van der Waals surface area contributed by atoms with Gasteiger partial charge in [-0.3, -0.25) is 9.59 Å². The highest BCUT2D eigenvalue weighted by Crippen LogP contribution is 2.27. The van der Waals surface area contributed by atoms with Crippen molar-refractivity contribution in [3.63, 3.8) is 0 Å². The van der Waals surface area contributed by atoms with E-state index < -0.39 is 0 Å².